The average molecular weight is 498 g/mol. The number of hydrogen-bond acceptors (Lipinski definition) is 4. The summed E-state index contributed by atoms with van der Waals surface area (Å²) in [7, 11) is 0. The van der Waals surface area contributed by atoms with E-state index in [1.54, 1.807) is 4.90 Å². The number of ether oxygens (including phenoxy) is 1. The minimum Gasteiger partial charge on any atom is -0.475 e. The third kappa shape index (κ3) is 5.25. The summed E-state index contributed by atoms with van der Waals surface area (Å²) in [6.45, 7) is 8.67. The first-order valence-electron chi connectivity index (χ1n) is 14.0. The molecule has 1 aromatic carbocycles. The summed E-state index contributed by atoms with van der Waals surface area (Å²) in [5.41, 5.74) is 1.30. The van der Waals surface area contributed by atoms with E-state index >= 15 is 0 Å². The molecule has 0 saturated heterocycles. The van der Waals surface area contributed by atoms with Crippen LogP contribution in [0, 0.1) is 6.92 Å². The lowest BCUT2D eigenvalue weighted by Gasteiger charge is -2.45. The van der Waals surface area contributed by atoms with E-state index in [9.17, 15) is 14.4 Å². The lowest BCUT2D eigenvalue weighted by atomic mass is 9.82. The predicted molar refractivity (Wildman–Crippen MR) is 141 cm³/mol. The van der Waals surface area contributed by atoms with Crippen LogP contribution in [-0.2, 0) is 9.59 Å². The molecule has 0 radical (unpaired) electrons. The van der Waals surface area contributed by atoms with Crippen molar-refractivity contribution in [3.63, 3.8) is 0 Å². The van der Waals surface area contributed by atoms with Crippen LogP contribution in [0.4, 0.5) is 5.69 Å². The zero-order chi connectivity index (χ0) is 25.9. The highest BCUT2D eigenvalue weighted by molar-refractivity contribution is 6.05. The predicted octanol–water partition coefficient (Wildman–Crippen LogP) is 5.13. The number of aryl methyl sites for hydroxylation is 1. The Kier molecular flexibility index (Phi) is 8.26. The molecule has 1 aromatic rings. The zero-order valence-corrected chi connectivity index (χ0v) is 22.5. The molecule has 7 heteroatoms. The van der Waals surface area contributed by atoms with Crippen molar-refractivity contribution in [1.82, 2.24) is 10.2 Å². The van der Waals surface area contributed by atoms with Gasteiger partial charge in [0.2, 0.25) is 5.91 Å². The lowest BCUT2D eigenvalue weighted by Crippen LogP contribution is -2.58. The Morgan fingerprint density at radius 3 is 2.42 bits per heavy atom. The normalized spacial score (nSPS) is 19.7. The van der Waals surface area contributed by atoms with Gasteiger partial charge in [-0.3, -0.25) is 14.4 Å². The van der Waals surface area contributed by atoms with E-state index in [0.29, 0.717) is 49.4 Å². The van der Waals surface area contributed by atoms with Gasteiger partial charge in [0, 0.05) is 37.2 Å². The van der Waals surface area contributed by atoms with Gasteiger partial charge in [0.15, 0.2) is 5.60 Å². The molecule has 36 heavy (non-hydrogen) atoms. The molecule has 1 heterocycles. The number of carbonyl (C=O) groups is 3. The number of carbonyl (C=O) groups excluding carboxylic acids is 3. The van der Waals surface area contributed by atoms with E-state index < -0.39 is 5.60 Å². The number of nitrogens with one attached hydrogen (secondary N) is 1. The Morgan fingerprint density at radius 2 is 1.78 bits per heavy atom. The van der Waals surface area contributed by atoms with Crippen molar-refractivity contribution in [3.05, 3.63) is 23.3 Å². The van der Waals surface area contributed by atoms with Crippen molar-refractivity contribution < 1.29 is 19.1 Å². The van der Waals surface area contributed by atoms with E-state index in [1.165, 1.54) is 6.42 Å². The summed E-state index contributed by atoms with van der Waals surface area (Å²) >= 11 is 0. The van der Waals surface area contributed by atoms with Crippen LogP contribution in [0.3, 0.4) is 0 Å². The standard InChI is InChI=1S/C29H43N3O4/c1-5-26(33)30-16-17-31-24-19-23(27(34)32(20(2)3)22-12-8-6-9-13-22)21(4)18-25(24)36-29(28(31)35)14-10-7-11-15-29/h18-20,22H,5-17H2,1-4H3,(H,30,33). The molecule has 7 nitrogen and oxygen atoms in total. The number of hydrogen-bond donors (Lipinski definition) is 1. The monoisotopic (exact) mass is 497 g/mol. The molecule has 3 aliphatic rings. The SMILES string of the molecule is CCC(=O)NCCN1C(=O)C2(CCCCC2)Oc2cc(C)c(C(=O)N(C(C)C)C3CCCCC3)cc21. The molecule has 1 aliphatic heterocycles. The first-order chi connectivity index (χ1) is 17.3. The van der Waals surface area contributed by atoms with Gasteiger partial charge in [-0.15, -0.1) is 0 Å². The summed E-state index contributed by atoms with van der Waals surface area (Å²) < 4.78 is 6.49. The molecule has 0 bridgehead atoms. The molecule has 1 spiro atoms. The first-order valence-corrected chi connectivity index (χ1v) is 14.0. The molecule has 2 aliphatic carbocycles. The fourth-order valence-corrected chi connectivity index (χ4v) is 6.22. The fourth-order valence-electron chi connectivity index (χ4n) is 6.22. The second-order valence-electron chi connectivity index (χ2n) is 11.1. The third-order valence-electron chi connectivity index (χ3n) is 8.17. The molecule has 1 N–H and O–H groups in total. The van der Waals surface area contributed by atoms with Gasteiger partial charge in [0.05, 0.1) is 5.69 Å². The zero-order valence-electron chi connectivity index (χ0n) is 22.5. The molecular formula is C29H43N3O4. The maximum atomic E-state index is 13.9. The molecular weight excluding hydrogens is 454 g/mol. The third-order valence-corrected chi connectivity index (χ3v) is 8.17. The van der Waals surface area contributed by atoms with Gasteiger partial charge in [-0.2, -0.15) is 0 Å². The molecule has 2 fully saturated rings. The van der Waals surface area contributed by atoms with E-state index in [2.05, 4.69) is 19.2 Å². The first kappa shape index (κ1) is 26.5. The minimum absolute atomic E-state index is 0.0295. The van der Waals surface area contributed by atoms with Gasteiger partial charge in [0.1, 0.15) is 5.75 Å². The second kappa shape index (κ2) is 11.2. The maximum Gasteiger partial charge on any atom is 0.271 e. The molecule has 4 rings (SSSR count). The molecule has 0 atom stereocenters. The van der Waals surface area contributed by atoms with Crippen LogP contribution in [0.5, 0.6) is 5.75 Å². The van der Waals surface area contributed by atoms with Gasteiger partial charge in [-0.05, 0) is 77.0 Å². The summed E-state index contributed by atoms with van der Waals surface area (Å²) in [5, 5.41) is 2.90. The highest BCUT2D eigenvalue weighted by Crippen LogP contribution is 2.45. The van der Waals surface area contributed by atoms with Crippen molar-refractivity contribution in [2.75, 3.05) is 18.0 Å². The van der Waals surface area contributed by atoms with Gasteiger partial charge >= 0.3 is 0 Å². The smallest absolute Gasteiger partial charge is 0.271 e. The Balaban J connectivity index is 1.69. The van der Waals surface area contributed by atoms with Crippen molar-refractivity contribution in [1.29, 1.82) is 0 Å². The van der Waals surface area contributed by atoms with E-state index in [0.717, 1.165) is 50.5 Å². The Hall–Kier alpha value is -2.57. The van der Waals surface area contributed by atoms with E-state index in [-0.39, 0.29) is 29.8 Å². The summed E-state index contributed by atoms with van der Waals surface area (Å²) in [4.78, 5) is 43.5. The molecule has 0 aromatic heterocycles. The van der Waals surface area contributed by atoms with E-state index in [4.69, 9.17) is 4.74 Å². The van der Waals surface area contributed by atoms with Crippen LogP contribution in [0.25, 0.3) is 0 Å². The highest BCUT2D eigenvalue weighted by Gasteiger charge is 2.49. The quantitative estimate of drug-likeness (QED) is 0.566. The molecule has 198 valence electrons. The largest absolute Gasteiger partial charge is 0.475 e. The number of amides is 3. The van der Waals surface area contributed by atoms with Crippen molar-refractivity contribution in [2.45, 2.75) is 116 Å². The van der Waals surface area contributed by atoms with Crippen molar-refractivity contribution >= 4 is 23.4 Å². The number of benzene rings is 1. The highest BCUT2D eigenvalue weighted by atomic mass is 16.5. The van der Waals surface area contributed by atoms with Crippen LogP contribution >= 0.6 is 0 Å². The van der Waals surface area contributed by atoms with Gasteiger partial charge in [0.25, 0.3) is 11.8 Å². The summed E-state index contributed by atoms with van der Waals surface area (Å²) in [5.74, 6) is 0.613. The van der Waals surface area contributed by atoms with Crippen LogP contribution in [0.15, 0.2) is 12.1 Å². The van der Waals surface area contributed by atoms with Gasteiger partial charge in [-0.1, -0.05) is 32.6 Å². The molecule has 2 saturated carbocycles. The van der Waals surface area contributed by atoms with Crippen LogP contribution in [0.1, 0.15) is 107 Å². The number of fused-ring (bicyclic) bond motifs is 1. The maximum absolute atomic E-state index is 13.9. The minimum atomic E-state index is -0.843. The topological polar surface area (TPSA) is 79.0 Å². The van der Waals surface area contributed by atoms with Crippen LogP contribution in [0.2, 0.25) is 0 Å². The number of rotatable bonds is 7. The van der Waals surface area contributed by atoms with Gasteiger partial charge in [-0.25, -0.2) is 0 Å². The second-order valence-corrected chi connectivity index (χ2v) is 11.1. The van der Waals surface area contributed by atoms with Crippen molar-refractivity contribution in [2.24, 2.45) is 0 Å². The number of nitrogens with zero attached hydrogens (tertiary/aromatic N) is 2. The molecule has 3 amide bonds. The van der Waals surface area contributed by atoms with E-state index in [1.807, 2.05) is 30.9 Å². The van der Waals surface area contributed by atoms with Crippen LogP contribution in [-0.4, -0.2) is 53.4 Å². The number of anilines is 1. The summed E-state index contributed by atoms with van der Waals surface area (Å²) in [6.07, 6.45) is 10.5. The Labute approximate surface area is 215 Å². The molecule has 0 unspecified atom stereocenters. The van der Waals surface area contributed by atoms with Crippen LogP contribution < -0.4 is 15.0 Å². The lowest BCUT2D eigenvalue weighted by molar-refractivity contribution is -0.138. The van der Waals surface area contributed by atoms with Gasteiger partial charge < -0.3 is 19.9 Å². The Bertz CT molecular complexity index is 977. The average Bonchev–Trinajstić information content (AvgIpc) is 2.87. The fraction of sp³-hybridized carbons (Fsp3) is 0.690. The Morgan fingerprint density at radius 1 is 1.11 bits per heavy atom. The van der Waals surface area contributed by atoms with Crippen molar-refractivity contribution in [3.8, 4) is 5.75 Å². The summed E-state index contributed by atoms with van der Waals surface area (Å²) in [6, 6.07) is 4.16.